The predicted molar refractivity (Wildman–Crippen MR) is 64.1 cm³/mol. The topological polar surface area (TPSA) is 47.4 Å². The Labute approximate surface area is 114 Å². The summed E-state index contributed by atoms with van der Waals surface area (Å²) in [6, 6.07) is 0. The van der Waals surface area contributed by atoms with E-state index < -0.39 is 23.3 Å². The van der Waals surface area contributed by atoms with E-state index in [-0.39, 0.29) is 25.3 Å². The zero-order valence-electron chi connectivity index (χ0n) is 11.4. The summed E-state index contributed by atoms with van der Waals surface area (Å²) in [5.74, 6) is -0.660. The number of carbonyl (C=O) groups excluding carboxylic acids is 1. The largest absolute Gasteiger partial charge is 0.433 e. The molecule has 0 N–H and O–H groups in total. The molecule has 8 heteroatoms. The van der Waals surface area contributed by atoms with Gasteiger partial charge in [0.05, 0.1) is 24.0 Å². The number of morpholine rings is 1. The first-order valence-electron chi connectivity index (χ1n) is 6.24. The molecule has 0 saturated carbocycles. The van der Waals surface area contributed by atoms with E-state index in [2.05, 4.69) is 5.10 Å². The van der Waals surface area contributed by atoms with Crippen LogP contribution in [0.3, 0.4) is 0 Å². The molecular weight excluding hydrogens is 275 g/mol. The van der Waals surface area contributed by atoms with Crippen LogP contribution >= 0.6 is 0 Å². The Morgan fingerprint density at radius 2 is 1.90 bits per heavy atom. The number of aryl methyl sites for hydroxylation is 1. The lowest BCUT2D eigenvalue weighted by molar-refractivity contribution is -0.144. The highest BCUT2D eigenvalue weighted by Crippen LogP contribution is 2.32. The molecule has 1 saturated heterocycles. The molecule has 5 nitrogen and oxygen atoms in total. The van der Waals surface area contributed by atoms with Crippen molar-refractivity contribution in [3.8, 4) is 0 Å². The highest BCUT2D eigenvalue weighted by Gasteiger charge is 2.41. The zero-order valence-corrected chi connectivity index (χ0v) is 11.4. The number of nitrogens with zero attached hydrogens (tertiary/aromatic N) is 3. The Kier molecular flexibility index (Phi) is 3.77. The lowest BCUT2D eigenvalue weighted by Gasteiger charge is -2.35. The highest BCUT2D eigenvalue weighted by molar-refractivity contribution is 5.95. The molecule has 1 fully saturated rings. The minimum absolute atomic E-state index is 0.200. The minimum Gasteiger partial charge on any atom is -0.372 e. The molecule has 2 atom stereocenters. The van der Waals surface area contributed by atoms with E-state index in [0.29, 0.717) is 4.68 Å². The summed E-state index contributed by atoms with van der Waals surface area (Å²) < 4.78 is 45.1. The molecule has 0 spiro atoms. The Balaban J connectivity index is 2.30. The Hall–Kier alpha value is -1.57. The molecule has 1 aliphatic heterocycles. The number of amides is 1. The summed E-state index contributed by atoms with van der Waals surface area (Å²) in [6.07, 6.45) is -4.04. The summed E-state index contributed by atoms with van der Waals surface area (Å²) in [7, 11) is 1.17. The molecule has 2 heterocycles. The van der Waals surface area contributed by atoms with E-state index in [1.165, 1.54) is 11.9 Å². The van der Waals surface area contributed by atoms with Crippen LogP contribution in [0.1, 0.15) is 29.9 Å². The van der Waals surface area contributed by atoms with Gasteiger partial charge in [-0.25, -0.2) is 0 Å². The third kappa shape index (κ3) is 2.79. The van der Waals surface area contributed by atoms with Crippen LogP contribution in [-0.4, -0.2) is 45.9 Å². The van der Waals surface area contributed by atoms with E-state index in [0.717, 1.165) is 6.20 Å². The molecule has 2 rings (SSSR count). The Morgan fingerprint density at radius 3 is 2.40 bits per heavy atom. The smallest absolute Gasteiger partial charge is 0.372 e. The van der Waals surface area contributed by atoms with Gasteiger partial charge in [0.1, 0.15) is 0 Å². The van der Waals surface area contributed by atoms with Gasteiger partial charge in [-0.05, 0) is 13.8 Å². The van der Waals surface area contributed by atoms with Gasteiger partial charge in [-0.1, -0.05) is 0 Å². The van der Waals surface area contributed by atoms with Crippen molar-refractivity contribution in [3.05, 3.63) is 17.5 Å². The van der Waals surface area contributed by atoms with E-state index in [9.17, 15) is 18.0 Å². The van der Waals surface area contributed by atoms with Crippen molar-refractivity contribution in [2.45, 2.75) is 32.2 Å². The number of carbonyl (C=O) groups is 1. The van der Waals surface area contributed by atoms with Crippen molar-refractivity contribution in [1.82, 2.24) is 14.7 Å². The summed E-state index contributed by atoms with van der Waals surface area (Å²) in [4.78, 5) is 13.7. The summed E-state index contributed by atoms with van der Waals surface area (Å²) >= 11 is 0. The molecule has 1 aliphatic rings. The number of halogens is 3. The van der Waals surface area contributed by atoms with Crippen LogP contribution in [0, 0.1) is 0 Å². The van der Waals surface area contributed by atoms with Crippen molar-refractivity contribution < 1.29 is 22.7 Å². The lowest BCUT2D eigenvalue weighted by Crippen LogP contribution is -2.48. The zero-order chi connectivity index (χ0) is 15.1. The SMILES string of the molecule is C[C@@H]1CN(C(=O)c2cnn(C)c2C(F)(F)F)C[C@@H](C)O1. The van der Waals surface area contributed by atoms with Crippen LogP contribution in [0.4, 0.5) is 13.2 Å². The van der Waals surface area contributed by atoms with Gasteiger partial charge in [-0.15, -0.1) is 0 Å². The van der Waals surface area contributed by atoms with Gasteiger partial charge in [0.25, 0.3) is 5.91 Å². The minimum atomic E-state index is -4.61. The Bertz CT molecular complexity index is 503. The molecular formula is C12H16F3N3O2. The number of hydrogen-bond donors (Lipinski definition) is 0. The van der Waals surface area contributed by atoms with Gasteiger partial charge >= 0.3 is 6.18 Å². The van der Waals surface area contributed by atoms with Crippen molar-refractivity contribution in [2.75, 3.05) is 13.1 Å². The number of hydrogen-bond acceptors (Lipinski definition) is 3. The first-order chi connectivity index (χ1) is 9.20. The third-order valence-electron chi connectivity index (χ3n) is 3.14. The van der Waals surface area contributed by atoms with Crippen LogP contribution in [0.2, 0.25) is 0 Å². The fourth-order valence-electron chi connectivity index (χ4n) is 2.44. The van der Waals surface area contributed by atoms with Crippen molar-refractivity contribution >= 4 is 5.91 Å². The number of rotatable bonds is 1. The van der Waals surface area contributed by atoms with Crippen LogP contribution in [-0.2, 0) is 18.0 Å². The second kappa shape index (κ2) is 5.08. The van der Waals surface area contributed by atoms with Crippen molar-refractivity contribution in [1.29, 1.82) is 0 Å². The molecule has 112 valence electrons. The Morgan fingerprint density at radius 1 is 1.35 bits per heavy atom. The van der Waals surface area contributed by atoms with Gasteiger partial charge in [0.15, 0.2) is 5.69 Å². The standard InChI is InChI=1S/C12H16F3N3O2/c1-7-5-18(6-8(2)20-7)11(19)9-4-16-17(3)10(9)12(13,14)15/h4,7-8H,5-6H2,1-3H3/t7-,8-/m1/s1. The number of aromatic nitrogens is 2. The molecule has 1 aromatic heterocycles. The van der Waals surface area contributed by atoms with E-state index >= 15 is 0 Å². The van der Waals surface area contributed by atoms with Gasteiger partial charge in [0, 0.05) is 20.1 Å². The molecule has 0 unspecified atom stereocenters. The van der Waals surface area contributed by atoms with Gasteiger partial charge < -0.3 is 9.64 Å². The quantitative estimate of drug-likeness (QED) is 0.791. The molecule has 1 amide bonds. The monoisotopic (exact) mass is 291 g/mol. The average Bonchev–Trinajstić information content (AvgIpc) is 2.68. The maximum atomic E-state index is 13.0. The highest BCUT2D eigenvalue weighted by atomic mass is 19.4. The summed E-state index contributed by atoms with van der Waals surface area (Å²) in [5.41, 5.74) is -1.43. The van der Waals surface area contributed by atoms with Crippen molar-refractivity contribution in [3.63, 3.8) is 0 Å². The molecule has 0 bridgehead atoms. The molecule has 1 aromatic rings. The van der Waals surface area contributed by atoms with Gasteiger partial charge in [0.2, 0.25) is 0 Å². The fraction of sp³-hybridized carbons (Fsp3) is 0.667. The maximum Gasteiger partial charge on any atom is 0.433 e. The van der Waals surface area contributed by atoms with Gasteiger partial charge in [-0.2, -0.15) is 18.3 Å². The molecule has 0 aromatic carbocycles. The first kappa shape index (κ1) is 14.8. The average molecular weight is 291 g/mol. The number of ether oxygens (including phenoxy) is 1. The lowest BCUT2D eigenvalue weighted by atomic mass is 10.1. The first-order valence-corrected chi connectivity index (χ1v) is 6.24. The van der Waals surface area contributed by atoms with E-state index in [4.69, 9.17) is 4.74 Å². The summed E-state index contributed by atoms with van der Waals surface area (Å²) in [5, 5.41) is 3.55. The number of alkyl halides is 3. The molecule has 20 heavy (non-hydrogen) atoms. The summed E-state index contributed by atoms with van der Waals surface area (Å²) in [6.45, 7) is 4.11. The normalized spacial score (nSPS) is 24.0. The third-order valence-corrected chi connectivity index (χ3v) is 3.14. The van der Waals surface area contributed by atoms with Crippen molar-refractivity contribution in [2.24, 2.45) is 7.05 Å². The van der Waals surface area contributed by atoms with Gasteiger partial charge in [-0.3, -0.25) is 9.48 Å². The van der Waals surface area contributed by atoms with E-state index in [1.807, 2.05) is 0 Å². The maximum absolute atomic E-state index is 13.0. The molecule has 0 aliphatic carbocycles. The van der Waals surface area contributed by atoms with E-state index in [1.54, 1.807) is 13.8 Å². The second-order valence-electron chi connectivity index (χ2n) is 5.00. The predicted octanol–water partition coefficient (Wildman–Crippen LogP) is 1.69. The second-order valence-corrected chi connectivity index (χ2v) is 5.00. The van der Waals surface area contributed by atoms with Crippen LogP contribution in [0.5, 0.6) is 0 Å². The van der Waals surface area contributed by atoms with Crippen LogP contribution < -0.4 is 0 Å². The van der Waals surface area contributed by atoms with Crippen LogP contribution in [0.25, 0.3) is 0 Å². The molecule has 0 radical (unpaired) electrons. The fourth-order valence-corrected chi connectivity index (χ4v) is 2.44. The van der Waals surface area contributed by atoms with Crippen LogP contribution in [0.15, 0.2) is 6.20 Å².